The summed E-state index contributed by atoms with van der Waals surface area (Å²) < 4.78 is 5.08. The topological polar surface area (TPSA) is 38.5 Å². The van der Waals surface area contributed by atoms with E-state index in [4.69, 9.17) is 10.5 Å². The monoisotopic (exact) mass is 186 g/mol. The van der Waals surface area contributed by atoms with E-state index < -0.39 is 0 Å². The van der Waals surface area contributed by atoms with E-state index in [0.717, 1.165) is 25.7 Å². The predicted octanol–water partition coefficient (Wildman–Crippen LogP) is 0.835. The zero-order valence-electron chi connectivity index (χ0n) is 9.05. The fourth-order valence-corrected chi connectivity index (χ4v) is 1.56. The Balaban J connectivity index is 2.29. The molecule has 1 aliphatic rings. The highest BCUT2D eigenvalue weighted by atomic mass is 16.5. The molecular weight excluding hydrogens is 164 g/mol. The van der Waals surface area contributed by atoms with E-state index in [1.165, 1.54) is 12.8 Å². The van der Waals surface area contributed by atoms with Crippen molar-refractivity contribution in [3.63, 3.8) is 0 Å². The standard InChI is InChI=1S/C10H22N2O/c1-10(2,11)8-12(6-7-13-3)9-4-5-9/h9H,4-8,11H2,1-3H3. The van der Waals surface area contributed by atoms with Gasteiger partial charge in [0.2, 0.25) is 0 Å². The van der Waals surface area contributed by atoms with Crippen LogP contribution in [0.15, 0.2) is 0 Å². The van der Waals surface area contributed by atoms with Crippen LogP contribution in [-0.4, -0.2) is 43.3 Å². The van der Waals surface area contributed by atoms with Crippen LogP contribution in [0.25, 0.3) is 0 Å². The minimum atomic E-state index is -0.0870. The molecule has 2 N–H and O–H groups in total. The Morgan fingerprint density at radius 1 is 1.46 bits per heavy atom. The van der Waals surface area contributed by atoms with E-state index in [0.29, 0.717) is 0 Å². The lowest BCUT2D eigenvalue weighted by molar-refractivity contribution is 0.130. The molecule has 0 atom stereocenters. The van der Waals surface area contributed by atoms with Crippen LogP contribution in [0.4, 0.5) is 0 Å². The van der Waals surface area contributed by atoms with E-state index in [1.807, 2.05) is 0 Å². The van der Waals surface area contributed by atoms with E-state index in [2.05, 4.69) is 18.7 Å². The van der Waals surface area contributed by atoms with Crippen molar-refractivity contribution in [1.82, 2.24) is 4.90 Å². The molecule has 0 aliphatic heterocycles. The minimum Gasteiger partial charge on any atom is -0.383 e. The van der Waals surface area contributed by atoms with Crippen LogP contribution < -0.4 is 5.73 Å². The van der Waals surface area contributed by atoms with Crippen molar-refractivity contribution in [1.29, 1.82) is 0 Å². The molecule has 1 rings (SSSR count). The molecule has 3 nitrogen and oxygen atoms in total. The number of ether oxygens (including phenoxy) is 1. The number of nitrogens with zero attached hydrogens (tertiary/aromatic N) is 1. The van der Waals surface area contributed by atoms with Crippen LogP contribution in [0.5, 0.6) is 0 Å². The van der Waals surface area contributed by atoms with Gasteiger partial charge in [-0.3, -0.25) is 4.90 Å². The summed E-state index contributed by atoms with van der Waals surface area (Å²) in [6.07, 6.45) is 2.67. The highest BCUT2D eigenvalue weighted by Crippen LogP contribution is 2.27. The van der Waals surface area contributed by atoms with Gasteiger partial charge in [0.1, 0.15) is 0 Å². The van der Waals surface area contributed by atoms with Crippen molar-refractivity contribution in [2.45, 2.75) is 38.3 Å². The van der Waals surface area contributed by atoms with Crippen molar-refractivity contribution in [3.8, 4) is 0 Å². The summed E-state index contributed by atoms with van der Waals surface area (Å²) >= 11 is 0. The molecule has 0 unspecified atom stereocenters. The summed E-state index contributed by atoms with van der Waals surface area (Å²) in [5.74, 6) is 0. The fourth-order valence-electron chi connectivity index (χ4n) is 1.56. The molecule has 13 heavy (non-hydrogen) atoms. The van der Waals surface area contributed by atoms with Gasteiger partial charge >= 0.3 is 0 Å². The lowest BCUT2D eigenvalue weighted by Gasteiger charge is -2.29. The van der Waals surface area contributed by atoms with Crippen molar-refractivity contribution in [2.24, 2.45) is 5.73 Å². The Bertz CT molecular complexity index is 149. The van der Waals surface area contributed by atoms with Gasteiger partial charge in [0, 0.05) is 31.8 Å². The number of methoxy groups -OCH3 is 1. The average molecular weight is 186 g/mol. The van der Waals surface area contributed by atoms with Crippen LogP contribution in [0.3, 0.4) is 0 Å². The van der Waals surface area contributed by atoms with Crippen LogP contribution in [0.1, 0.15) is 26.7 Å². The summed E-state index contributed by atoms with van der Waals surface area (Å²) in [5.41, 5.74) is 5.90. The predicted molar refractivity (Wildman–Crippen MR) is 54.7 cm³/mol. The highest BCUT2D eigenvalue weighted by Gasteiger charge is 2.31. The smallest absolute Gasteiger partial charge is 0.0589 e. The molecule has 0 spiro atoms. The first-order valence-electron chi connectivity index (χ1n) is 5.05. The maximum Gasteiger partial charge on any atom is 0.0589 e. The van der Waals surface area contributed by atoms with Gasteiger partial charge in [-0.2, -0.15) is 0 Å². The Labute approximate surface area is 81.2 Å². The second-order valence-corrected chi connectivity index (χ2v) is 4.68. The van der Waals surface area contributed by atoms with Gasteiger partial charge in [0.15, 0.2) is 0 Å². The third-order valence-electron chi connectivity index (χ3n) is 2.26. The van der Waals surface area contributed by atoms with Crippen LogP contribution in [-0.2, 0) is 4.74 Å². The van der Waals surface area contributed by atoms with Gasteiger partial charge in [-0.05, 0) is 26.7 Å². The van der Waals surface area contributed by atoms with E-state index in [9.17, 15) is 0 Å². The second-order valence-electron chi connectivity index (χ2n) is 4.68. The first-order valence-corrected chi connectivity index (χ1v) is 5.05. The summed E-state index contributed by atoms with van der Waals surface area (Å²) in [7, 11) is 1.75. The van der Waals surface area contributed by atoms with E-state index in [1.54, 1.807) is 7.11 Å². The van der Waals surface area contributed by atoms with Gasteiger partial charge in [-0.25, -0.2) is 0 Å². The summed E-state index contributed by atoms with van der Waals surface area (Å²) in [5, 5.41) is 0. The fraction of sp³-hybridized carbons (Fsp3) is 1.00. The molecule has 0 amide bonds. The minimum absolute atomic E-state index is 0.0870. The number of nitrogens with two attached hydrogens (primary N) is 1. The molecule has 0 aromatic heterocycles. The second kappa shape index (κ2) is 4.40. The van der Waals surface area contributed by atoms with Gasteiger partial charge < -0.3 is 10.5 Å². The maximum atomic E-state index is 5.99. The summed E-state index contributed by atoms with van der Waals surface area (Å²) in [4.78, 5) is 2.45. The van der Waals surface area contributed by atoms with Gasteiger partial charge in [-0.1, -0.05) is 0 Å². The zero-order valence-corrected chi connectivity index (χ0v) is 9.05. The molecule has 0 aromatic carbocycles. The van der Waals surface area contributed by atoms with Crippen molar-refractivity contribution in [3.05, 3.63) is 0 Å². The van der Waals surface area contributed by atoms with E-state index in [-0.39, 0.29) is 5.54 Å². The lowest BCUT2D eigenvalue weighted by Crippen LogP contribution is -2.47. The molecule has 0 aromatic rings. The van der Waals surface area contributed by atoms with Crippen molar-refractivity contribution in [2.75, 3.05) is 26.8 Å². The number of hydrogen-bond acceptors (Lipinski definition) is 3. The maximum absolute atomic E-state index is 5.99. The SMILES string of the molecule is COCCN(CC(C)(C)N)C1CC1. The highest BCUT2D eigenvalue weighted by molar-refractivity contribution is 4.88. The molecule has 0 heterocycles. The summed E-state index contributed by atoms with van der Waals surface area (Å²) in [6, 6.07) is 0.776. The Kier molecular flexibility index (Phi) is 3.71. The van der Waals surface area contributed by atoms with E-state index >= 15 is 0 Å². The Morgan fingerprint density at radius 2 is 2.08 bits per heavy atom. The first kappa shape index (κ1) is 11.0. The quantitative estimate of drug-likeness (QED) is 0.668. The third-order valence-corrected chi connectivity index (χ3v) is 2.26. The average Bonchev–Trinajstić information content (AvgIpc) is 2.77. The lowest BCUT2D eigenvalue weighted by atomic mass is 10.1. The van der Waals surface area contributed by atoms with Gasteiger partial charge in [-0.15, -0.1) is 0 Å². The molecule has 3 heteroatoms. The van der Waals surface area contributed by atoms with Gasteiger partial charge in [0.25, 0.3) is 0 Å². The third kappa shape index (κ3) is 4.60. The van der Waals surface area contributed by atoms with Gasteiger partial charge in [0.05, 0.1) is 6.61 Å². The Hall–Kier alpha value is -0.120. The first-order chi connectivity index (χ1) is 6.03. The molecular formula is C10H22N2O. The molecule has 1 aliphatic carbocycles. The normalized spacial score (nSPS) is 18.2. The van der Waals surface area contributed by atoms with Crippen molar-refractivity contribution < 1.29 is 4.74 Å². The zero-order chi connectivity index (χ0) is 9.90. The molecule has 0 radical (unpaired) electrons. The number of hydrogen-bond donors (Lipinski definition) is 1. The molecule has 0 bridgehead atoms. The Morgan fingerprint density at radius 3 is 2.46 bits per heavy atom. The molecule has 1 saturated carbocycles. The largest absolute Gasteiger partial charge is 0.383 e. The molecule has 78 valence electrons. The summed E-state index contributed by atoms with van der Waals surface area (Å²) in [6.45, 7) is 6.96. The molecule has 0 saturated heterocycles. The van der Waals surface area contributed by atoms with Crippen LogP contribution in [0.2, 0.25) is 0 Å². The number of rotatable bonds is 6. The molecule has 1 fully saturated rings. The van der Waals surface area contributed by atoms with Crippen LogP contribution >= 0.6 is 0 Å². The van der Waals surface area contributed by atoms with Crippen LogP contribution in [0, 0.1) is 0 Å². The van der Waals surface area contributed by atoms with Crippen molar-refractivity contribution >= 4 is 0 Å².